The summed E-state index contributed by atoms with van der Waals surface area (Å²) >= 11 is 0. The van der Waals surface area contributed by atoms with Crippen LogP contribution in [0.5, 0.6) is 0 Å². The summed E-state index contributed by atoms with van der Waals surface area (Å²) in [7, 11) is 2.25. The fourth-order valence-corrected chi connectivity index (χ4v) is 2.05. The molecule has 2 nitrogen and oxygen atoms in total. The Kier molecular flexibility index (Phi) is 8.89. The molecule has 0 aliphatic rings. The fraction of sp³-hybridized carbons (Fsp3) is 1.00. The van der Waals surface area contributed by atoms with E-state index in [2.05, 4.69) is 51.9 Å². The highest BCUT2D eigenvalue weighted by Crippen LogP contribution is 2.22. The molecular weight excluding hydrogens is 208 g/mol. The van der Waals surface area contributed by atoms with E-state index in [-0.39, 0.29) is 0 Å². The molecule has 1 unspecified atom stereocenters. The lowest BCUT2D eigenvalue weighted by atomic mass is 9.84. The van der Waals surface area contributed by atoms with Crippen LogP contribution in [0.25, 0.3) is 0 Å². The molecule has 0 saturated heterocycles. The minimum Gasteiger partial charge on any atom is -0.313 e. The summed E-state index contributed by atoms with van der Waals surface area (Å²) in [6, 6.07) is 0.631. The van der Waals surface area contributed by atoms with Gasteiger partial charge in [0.15, 0.2) is 0 Å². The molecule has 0 aromatic rings. The summed E-state index contributed by atoms with van der Waals surface area (Å²) in [5.74, 6) is 0. The van der Waals surface area contributed by atoms with Gasteiger partial charge in [0.2, 0.25) is 0 Å². The van der Waals surface area contributed by atoms with E-state index < -0.39 is 0 Å². The maximum absolute atomic E-state index is 3.69. The van der Waals surface area contributed by atoms with Crippen molar-refractivity contribution in [3.8, 4) is 0 Å². The van der Waals surface area contributed by atoms with Gasteiger partial charge in [0.1, 0.15) is 0 Å². The van der Waals surface area contributed by atoms with E-state index in [4.69, 9.17) is 0 Å². The SMILES string of the molecule is CCCCN(C)CCC(NCCC)C(C)(C)C. The van der Waals surface area contributed by atoms with Crippen LogP contribution in [0, 0.1) is 5.41 Å². The average Bonchev–Trinajstić information content (AvgIpc) is 2.24. The van der Waals surface area contributed by atoms with Crippen molar-refractivity contribution in [3.05, 3.63) is 0 Å². The molecule has 2 heteroatoms. The summed E-state index contributed by atoms with van der Waals surface area (Å²) in [5, 5.41) is 3.69. The normalized spacial score (nSPS) is 14.3. The largest absolute Gasteiger partial charge is 0.313 e. The standard InChI is InChI=1S/C15H34N2/c1-7-9-12-17(6)13-10-14(15(3,4)5)16-11-8-2/h14,16H,7-13H2,1-6H3. The number of nitrogens with one attached hydrogen (secondary N) is 1. The highest BCUT2D eigenvalue weighted by Gasteiger charge is 2.23. The van der Waals surface area contributed by atoms with E-state index in [9.17, 15) is 0 Å². The number of rotatable bonds is 9. The minimum absolute atomic E-state index is 0.362. The number of hydrogen-bond acceptors (Lipinski definition) is 2. The lowest BCUT2D eigenvalue weighted by Crippen LogP contribution is -2.42. The van der Waals surface area contributed by atoms with E-state index in [1.165, 1.54) is 38.8 Å². The molecule has 104 valence electrons. The highest BCUT2D eigenvalue weighted by atomic mass is 15.1. The van der Waals surface area contributed by atoms with Gasteiger partial charge in [-0.1, -0.05) is 41.0 Å². The van der Waals surface area contributed by atoms with Crippen molar-refractivity contribution in [2.45, 2.75) is 66.3 Å². The molecule has 1 atom stereocenters. The van der Waals surface area contributed by atoms with Crippen LogP contribution in [0.1, 0.15) is 60.3 Å². The number of unbranched alkanes of at least 4 members (excludes halogenated alkanes) is 1. The van der Waals surface area contributed by atoms with E-state index in [0.29, 0.717) is 11.5 Å². The van der Waals surface area contributed by atoms with Gasteiger partial charge in [-0.05, 0) is 51.4 Å². The summed E-state index contributed by atoms with van der Waals surface area (Å²) in [5.41, 5.74) is 0.362. The van der Waals surface area contributed by atoms with Crippen LogP contribution in [0.15, 0.2) is 0 Å². The quantitative estimate of drug-likeness (QED) is 0.665. The van der Waals surface area contributed by atoms with Gasteiger partial charge >= 0.3 is 0 Å². The summed E-state index contributed by atoms with van der Waals surface area (Å²) in [6.45, 7) is 15.1. The molecule has 0 aliphatic carbocycles. The van der Waals surface area contributed by atoms with Crippen molar-refractivity contribution < 1.29 is 0 Å². The van der Waals surface area contributed by atoms with Crippen molar-refractivity contribution in [2.24, 2.45) is 5.41 Å². The number of hydrogen-bond donors (Lipinski definition) is 1. The Morgan fingerprint density at radius 2 is 1.71 bits per heavy atom. The maximum Gasteiger partial charge on any atom is 0.0128 e. The molecule has 0 aromatic heterocycles. The van der Waals surface area contributed by atoms with Gasteiger partial charge in [0, 0.05) is 6.04 Å². The highest BCUT2D eigenvalue weighted by molar-refractivity contribution is 4.81. The molecule has 1 N–H and O–H groups in total. The Morgan fingerprint density at radius 3 is 2.18 bits per heavy atom. The lowest BCUT2D eigenvalue weighted by Gasteiger charge is -2.33. The third-order valence-electron chi connectivity index (χ3n) is 3.38. The van der Waals surface area contributed by atoms with Gasteiger partial charge in [0.05, 0.1) is 0 Å². The smallest absolute Gasteiger partial charge is 0.0128 e. The molecule has 0 heterocycles. The van der Waals surface area contributed by atoms with Crippen LogP contribution in [0.3, 0.4) is 0 Å². The molecule has 0 aliphatic heterocycles. The van der Waals surface area contributed by atoms with Crippen LogP contribution >= 0.6 is 0 Å². The second kappa shape index (κ2) is 8.93. The Bertz CT molecular complexity index is 172. The molecule has 0 radical (unpaired) electrons. The van der Waals surface area contributed by atoms with Crippen LogP contribution in [0.2, 0.25) is 0 Å². The molecular formula is C15H34N2. The van der Waals surface area contributed by atoms with E-state index >= 15 is 0 Å². The minimum atomic E-state index is 0.362. The van der Waals surface area contributed by atoms with Gasteiger partial charge in [0.25, 0.3) is 0 Å². The number of nitrogens with zero attached hydrogens (tertiary/aromatic N) is 1. The zero-order chi connectivity index (χ0) is 13.3. The van der Waals surface area contributed by atoms with Crippen LogP contribution in [-0.2, 0) is 0 Å². The van der Waals surface area contributed by atoms with Gasteiger partial charge < -0.3 is 10.2 Å². The molecule has 0 saturated carbocycles. The van der Waals surface area contributed by atoms with E-state index in [1.54, 1.807) is 0 Å². The van der Waals surface area contributed by atoms with Crippen molar-refractivity contribution >= 4 is 0 Å². The molecule has 0 fully saturated rings. The third kappa shape index (κ3) is 8.62. The van der Waals surface area contributed by atoms with Gasteiger partial charge in [-0.15, -0.1) is 0 Å². The zero-order valence-electron chi connectivity index (χ0n) is 13.0. The first kappa shape index (κ1) is 16.9. The fourth-order valence-electron chi connectivity index (χ4n) is 2.05. The predicted molar refractivity (Wildman–Crippen MR) is 78.6 cm³/mol. The molecule has 17 heavy (non-hydrogen) atoms. The summed E-state index contributed by atoms with van der Waals surface area (Å²) in [4.78, 5) is 2.47. The predicted octanol–water partition coefficient (Wildman–Crippen LogP) is 3.52. The zero-order valence-corrected chi connectivity index (χ0v) is 13.0. The summed E-state index contributed by atoms with van der Waals surface area (Å²) in [6.07, 6.45) is 5.09. The van der Waals surface area contributed by atoms with Crippen molar-refractivity contribution in [3.63, 3.8) is 0 Å². The topological polar surface area (TPSA) is 15.3 Å². The molecule has 0 rings (SSSR count). The molecule has 0 amide bonds. The maximum atomic E-state index is 3.69. The summed E-state index contributed by atoms with van der Waals surface area (Å²) < 4.78 is 0. The van der Waals surface area contributed by atoms with Crippen molar-refractivity contribution in [1.82, 2.24) is 10.2 Å². The Morgan fingerprint density at radius 1 is 1.06 bits per heavy atom. The monoisotopic (exact) mass is 242 g/mol. The van der Waals surface area contributed by atoms with Gasteiger partial charge in [-0.3, -0.25) is 0 Å². The van der Waals surface area contributed by atoms with E-state index in [0.717, 1.165) is 6.54 Å². The first-order chi connectivity index (χ1) is 7.91. The second-order valence-corrected chi connectivity index (χ2v) is 6.32. The Labute approximate surface area is 109 Å². The van der Waals surface area contributed by atoms with Crippen LogP contribution in [-0.4, -0.2) is 37.6 Å². The first-order valence-electron chi connectivity index (χ1n) is 7.33. The first-order valence-corrected chi connectivity index (χ1v) is 7.33. The van der Waals surface area contributed by atoms with Crippen molar-refractivity contribution in [2.75, 3.05) is 26.7 Å². The van der Waals surface area contributed by atoms with Gasteiger partial charge in [-0.2, -0.15) is 0 Å². The van der Waals surface area contributed by atoms with Crippen molar-refractivity contribution in [1.29, 1.82) is 0 Å². The van der Waals surface area contributed by atoms with Crippen LogP contribution < -0.4 is 5.32 Å². The van der Waals surface area contributed by atoms with Crippen LogP contribution in [0.4, 0.5) is 0 Å². The lowest BCUT2D eigenvalue weighted by molar-refractivity contribution is 0.220. The Hall–Kier alpha value is -0.0800. The second-order valence-electron chi connectivity index (χ2n) is 6.32. The van der Waals surface area contributed by atoms with Gasteiger partial charge in [-0.25, -0.2) is 0 Å². The molecule has 0 spiro atoms. The average molecular weight is 242 g/mol. The third-order valence-corrected chi connectivity index (χ3v) is 3.38. The molecule has 0 bridgehead atoms. The van der Waals surface area contributed by atoms with E-state index in [1.807, 2.05) is 0 Å². The Balaban J connectivity index is 3.98. The molecule has 0 aromatic carbocycles.